The highest BCUT2D eigenvalue weighted by atomic mass is 16.6. The summed E-state index contributed by atoms with van der Waals surface area (Å²) in [5.74, 6) is 1.80. The molecule has 0 saturated carbocycles. The first-order chi connectivity index (χ1) is 20.7. The zero-order valence-corrected chi connectivity index (χ0v) is 24.5. The van der Waals surface area contributed by atoms with Crippen LogP contribution in [0, 0.1) is 0 Å². The third-order valence-corrected chi connectivity index (χ3v) is 7.59. The standard InChI is InChI=1S/C32H35N7O4/c1-31(2,3)43-30(41)39-17-14-32(20-39,29-35-27(37-38-29)21-11-15-33-16-12-21)36-23-8-6-7-22(19-23)28(40)34-25-13-18-42-26-10-5-4-9-24(25)26/h4-12,15-16,19,25,36H,13-14,17-18,20H2,1-3H3,(H,34,40)(H,35,37,38)/t25-,32+/m0/s1. The predicted molar refractivity (Wildman–Crippen MR) is 161 cm³/mol. The maximum atomic E-state index is 13.4. The number of aromatic nitrogens is 4. The third kappa shape index (κ3) is 6.15. The van der Waals surface area contributed by atoms with E-state index in [4.69, 9.17) is 9.47 Å². The summed E-state index contributed by atoms with van der Waals surface area (Å²) in [5.41, 5.74) is 1.62. The van der Waals surface area contributed by atoms with E-state index in [1.807, 2.05) is 75.4 Å². The molecule has 6 rings (SSSR count). The summed E-state index contributed by atoms with van der Waals surface area (Å²) in [6, 6.07) is 18.7. The zero-order valence-electron chi connectivity index (χ0n) is 24.5. The van der Waals surface area contributed by atoms with Gasteiger partial charge >= 0.3 is 6.09 Å². The SMILES string of the molecule is CC(C)(C)OC(=O)N1CC[C@](Nc2cccc(C(=O)N[C@H]3CCOc4ccccc43)c2)(c2nnc(-c3ccncc3)[nH]2)C1. The number of nitrogens with zero attached hydrogens (tertiary/aromatic N) is 4. The Balaban J connectivity index is 1.26. The van der Waals surface area contributed by atoms with E-state index in [0.29, 0.717) is 55.4 Å². The lowest BCUT2D eigenvalue weighted by atomic mass is 9.96. The molecule has 2 atom stereocenters. The van der Waals surface area contributed by atoms with Gasteiger partial charge in [-0.25, -0.2) is 4.79 Å². The molecule has 0 bridgehead atoms. The van der Waals surface area contributed by atoms with Crippen LogP contribution in [0.4, 0.5) is 10.5 Å². The molecule has 2 aromatic carbocycles. The Kier molecular flexibility index (Phi) is 7.47. The number of pyridine rings is 1. The van der Waals surface area contributed by atoms with Gasteiger partial charge in [0.2, 0.25) is 0 Å². The summed E-state index contributed by atoms with van der Waals surface area (Å²) in [6.45, 7) is 6.83. The molecule has 2 amide bonds. The molecule has 2 aliphatic heterocycles. The van der Waals surface area contributed by atoms with Crippen LogP contribution in [0.3, 0.4) is 0 Å². The smallest absolute Gasteiger partial charge is 0.410 e. The zero-order chi connectivity index (χ0) is 30.0. The summed E-state index contributed by atoms with van der Waals surface area (Å²) in [4.78, 5) is 35.6. The Morgan fingerprint density at radius 3 is 2.70 bits per heavy atom. The van der Waals surface area contributed by atoms with E-state index in [2.05, 4.69) is 30.8 Å². The lowest BCUT2D eigenvalue weighted by Gasteiger charge is -2.30. The number of anilines is 1. The number of fused-ring (bicyclic) bond motifs is 1. The number of H-pyrrole nitrogens is 1. The van der Waals surface area contributed by atoms with Crippen LogP contribution in [0.15, 0.2) is 73.1 Å². The van der Waals surface area contributed by atoms with Gasteiger partial charge in [0.1, 0.15) is 16.9 Å². The first-order valence-corrected chi connectivity index (χ1v) is 14.4. The van der Waals surface area contributed by atoms with E-state index < -0.39 is 17.2 Å². The van der Waals surface area contributed by atoms with Gasteiger partial charge in [0.25, 0.3) is 5.91 Å². The molecule has 2 aliphatic rings. The van der Waals surface area contributed by atoms with Crippen LogP contribution in [-0.4, -0.2) is 62.4 Å². The van der Waals surface area contributed by atoms with E-state index in [1.165, 1.54) is 0 Å². The normalized spacial score (nSPS) is 19.7. The fourth-order valence-corrected chi connectivity index (χ4v) is 5.51. The number of hydrogen-bond donors (Lipinski definition) is 3. The summed E-state index contributed by atoms with van der Waals surface area (Å²) in [7, 11) is 0. The topological polar surface area (TPSA) is 134 Å². The molecule has 4 aromatic rings. The van der Waals surface area contributed by atoms with Crippen molar-refractivity contribution < 1.29 is 19.1 Å². The predicted octanol–water partition coefficient (Wildman–Crippen LogP) is 5.07. The lowest BCUT2D eigenvalue weighted by molar-refractivity contribution is 0.0285. The number of nitrogens with one attached hydrogen (secondary N) is 3. The fourth-order valence-electron chi connectivity index (χ4n) is 5.51. The number of hydrogen-bond acceptors (Lipinski definition) is 8. The molecule has 222 valence electrons. The van der Waals surface area contributed by atoms with Crippen molar-refractivity contribution in [3.8, 4) is 17.1 Å². The molecule has 11 heteroatoms. The van der Waals surface area contributed by atoms with Gasteiger partial charge in [-0.15, -0.1) is 10.2 Å². The van der Waals surface area contributed by atoms with Gasteiger partial charge in [-0.05, 0) is 63.6 Å². The van der Waals surface area contributed by atoms with Crippen molar-refractivity contribution in [2.45, 2.75) is 50.8 Å². The minimum absolute atomic E-state index is 0.140. The van der Waals surface area contributed by atoms with Gasteiger partial charge in [-0.2, -0.15) is 0 Å². The van der Waals surface area contributed by atoms with Crippen LogP contribution in [-0.2, 0) is 10.3 Å². The number of likely N-dealkylation sites (tertiary alicyclic amines) is 1. The summed E-state index contributed by atoms with van der Waals surface area (Å²) in [5, 5.41) is 15.7. The van der Waals surface area contributed by atoms with Crippen molar-refractivity contribution in [1.29, 1.82) is 0 Å². The number of rotatable bonds is 6. The molecule has 11 nitrogen and oxygen atoms in total. The molecule has 43 heavy (non-hydrogen) atoms. The van der Waals surface area contributed by atoms with E-state index >= 15 is 0 Å². The molecule has 0 aliphatic carbocycles. The highest BCUT2D eigenvalue weighted by molar-refractivity contribution is 5.95. The average molecular weight is 582 g/mol. The fraction of sp³-hybridized carbons (Fsp3) is 0.344. The second-order valence-electron chi connectivity index (χ2n) is 11.9. The highest BCUT2D eigenvalue weighted by Crippen LogP contribution is 2.36. The van der Waals surface area contributed by atoms with Crippen molar-refractivity contribution in [3.05, 3.63) is 90.0 Å². The van der Waals surface area contributed by atoms with Gasteiger partial charge in [-0.3, -0.25) is 9.78 Å². The maximum absolute atomic E-state index is 13.4. The molecule has 2 aromatic heterocycles. The molecular weight excluding hydrogens is 546 g/mol. The van der Waals surface area contributed by atoms with Gasteiger partial charge in [0, 0.05) is 47.7 Å². The number of aromatic amines is 1. The van der Waals surface area contributed by atoms with E-state index in [0.717, 1.165) is 16.9 Å². The average Bonchev–Trinajstić information content (AvgIpc) is 3.66. The van der Waals surface area contributed by atoms with Gasteiger partial charge in [0.05, 0.1) is 19.2 Å². The van der Waals surface area contributed by atoms with Crippen molar-refractivity contribution in [3.63, 3.8) is 0 Å². The van der Waals surface area contributed by atoms with Crippen LogP contribution in [0.5, 0.6) is 5.75 Å². The first-order valence-electron chi connectivity index (χ1n) is 14.4. The van der Waals surface area contributed by atoms with Crippen LogP contribution >= 0.6 is 0 Å². The Bertz CT molecular complexity index is 1620. The Labute approximate surface area is 250 Å². The van der Waals surface area contributed by atoms with E-state index in [9.17, 15) is 9.59 Å². The minimum Gasteiger partial charge on any atom is -0.493 e. The van der Waals surface area contributed by atoms with E-state index in [1.54, 1.807) is 23.4 Å². The number of benzene rings is 2. The van der Waals surface area contributed by atoms with Crippen molar-refractivity contribution in [2.24, 2.45) is 0 Å². The number of carbonyl (C=O) groups is 2. The van der Waals surface area contributed by atoms with E-state index in [-0.39, 0.29) is 11.9 Å². The van der Waals surface area contributed by atoms with Crippen molar-refractivity contribution >= 4 is 17.7 Å². The minimum atomic E-state index is -0.802. The second-order valence-corrected chi connectivity index (χ2v) is 11.9. The molecule has 0 radical (unpaired) electrons. The maximum Gasteiger partial charge on any atom is 0.410 e. The first kappa shape index (κ1) is 28.2. The van der Waals surface area contributed by atoms with Gasteiger partial charge < -0.3 is 30.0 Å². The highest BCUT2D eigenvalue weighted by Gasteiger charge is 2.45. The molecular formula is C32H35N7O4. The second kappa shape index (κ2) is 11.4. The third-order valence-electron chi connectivity index (χ3n) is 7.59. The molecule has 0 spiro atoms. The summed E-state index contributed by atoms with van der Waals surface area (Å²) < 4.78 is 11.4. The quantitative estimate of drug-likeness (QED) is 0.287. The number of ether oxygens (including phenoxy) is 2. The molecule has 3 N–H and O–H groups in total. The number of para-hydroxylation sites is 1. The van der Waals surface area contributed by atoms with Gasteiger partial charge in [0.15, 0.2) is 11.6 Å². The van der Waals surface area contributed by atoms with Gasteiger partial charge in [-0.1, -0.05) is 24.3 Å². The van der Waals surface area contributed by atoms with Crippen LogP contribution in [0.1, 0.15) is 61.4 Å². The molecule has 1 fully saturated rings. The summed E-state index contributed by atoms with van der Waals surface area (Å²) >= 11 is 0. The Morgan fingerprint density at radius 1 is 1.07 bits per heavy atom. The van der Waals surface area contributed by atoms with Crippen LogP contribution in [0.2, 0.25) is 0 Å². The lowest BCUT2D eigenvalue weighted by Crippen LogP contribution is -2.42. The Hall–Kier alpha value is -4.93. The molecule has 4 heterocycles. The number of amides is 2. The summed E-state index contributed by atoms with van der Waals surface area (Å²) in [6.07, 6.45) is 4.24. The number of carbonyl (C=O) groups excluding carboxylic acids is 2. The largest absolute Gasteiger partial charge is 0.493 e. The van der Waals surface area contributed by atoms with Crippen molar-refractivity contribution in [1.82, 2.24) is 30.4 Å². The van der Waals surface area contributed by atoms with Crippen LogP contribution < -0.4 is 15.4 Å². The van der Waals surface area contributed by atoms with Crippen LogP contribution in [0.25, 0.3) is 11.4 Å². The monoisotopic (exact) mass is 581 g/mol. The molecule has 1 saturated heterocycles. The molecule has 0 unspecified atom stereocenters. The Morgan fingerprint density at radius 2 is 1.88 bits per heavy atom. The van der Waals surface area contributed by atoms with Crippen molar-refractivity contribution in [2.75, 3.05) is 25.0 Å².